The summed E-state index contributed by atoms with van der Waals surface area (Å²) in [5, 5.41) is 0. The molecule has 0 saturated carbocycles. The van der Waals surface area contributed by atoms with E-state index in [1.807, 2.05) is 0 Å². The summed E-state index contributed by atoms with van der Waals surface area (Å²) in [5.41, 5.74) is 4.62. The SMILES string of the molecule is CCCCCCCCCCCCCCCc1cc[n+](Cc2ccccc2)cc1CCCCCCCCCCCCCCC. The van der Waals surface area contributed by atoms with Crippen LogP contribution in [0.25, 0.3) is 0 Å². The molecule has 0 N–H and O–H groups in total. The Morgan fingerprint density at radius 2 is 0.767 bits per heavy atom. The summed E-state index contributed by atoms with van der Waals surface area (Å²) in [6.45, 7) is 5.59. The maximum atomic E-state index is 2.48. The van der Waals surface area contributed by atoms with Crippen LogP contribution >= 0.6 is 0 Å². The summed E-state index contributed by atoms with van der Waals surface area (Å²) in [7, 11) is 0. The summed E-state index contributed by atoms with van der Waals surface area (Å²) in [5.74, 6) is 0. The van der Waals surface area contributed by atoms with Crippen molar-refractivity contribution >= 4 is 0 Å². The van der Waals surface area contributed by atoms with Crippen LogP contribution in [-0.4, -0.2) is 0 Å². The number of unbranched alkanes of at least 4 members (excludes halogenated alkanes) is 24. The van der Waals surface area contributed by atoms with Gasteiger partial charge in [-0.05, 0) is 31.2 Å². The Bertz CT molecular complexity index is 856. The van der Waals surface area contributed by atoms with E-state index in [4.69, 9.17) is 0 Å². The highest BCUT2D eigenvalue weighted by Gasteiger charge is 2.11. The van der Waals surface area contributed by atoms with Gasteiger partial charge in [0, 0.05) is 17.2 Å². The lowest BCUT2D eigenvalue weighted by Gasteiger charge is -2.10. The molecule has 2 rings (SSSR count). The molecular formula is C42H72N+. The quantitative estimate of drug-likeness (QED) is 0.0629. The van der Waals surface area contributed by atoms with E-state index < -0.39 is 0 Å². The van der Waals surface area contributed by atoms with Crippen molar-refractivity contribution in [1.29, 1.82) is 0 Å². The summed E-state index contributed by atoms with van der Waals surface area (Å²) in [6.07, 6.45) is 44.5. The second-order valence-corrected chi connectivity index (χ2v) is 13.6. The van der Waals surface area contributed by atoms with Crippen LogP contribution in [0.2, 0.25) is 0 Å². The molecule has 1 heterocycles. The largest absolute Gasteiger partial charge is 0.200 e. The Morgan fingerprint density at radius 3 is 1.19 bits per heavy atom. The number of pyridine rings is 1. The van der Waals surface area contributed by atoms with Gasteiger partial charge in [0.2, 0.25) is 0 Å². The zero-order valence-corrected chi connectivity index (χ0v) is 29.1. The standard InChI is InChI=1S/C42H72N/c1-3-5-7-9-11-13-15-17-19-21-23-25-30-34-41-36-37-43(38-40-32-28-27-29-33-40)39-42(41)35-31-26-24-22-20-18-16-14-12-10-8-6-4-2/h27-29,32-33,36-37,39H,3-26,30-31,34-35,38H2,1-2H3/q+1. The first kappa shape index (κ1) is 37.6. The molecular weight excluding hydrogens is 518 g/mol. The number of aromatic nitrogens is 1. The van der Waals surface area contributed by atoms with Gasteiger partial charge in [-0.1, -0.05) is 198 Å². The fourth-order valence-corrected chi connectivity index (χ4v) is 6.65. The lowest BCUT2D eigenvalue weighted by atomic mass is 9.97. The maximum Gasteiger partial charge on any atom is 0.173 e. The third-order valence-electron chi connectivity index (χ3n) is 9.51. The van der Waals surface area contributed by atoms with Gasteiger partial charge in [-0.15, -0.1) is 0 Å². The van der Waals surface area contributed by atoms with Crippen molar-refractivity contribution in [2.24, 2.45) is 0 Å². The molecule has 0 spiro atoms. The molecule has 0 radical (unpaired) electrons. The monoisotopic (exact) mass is 591 g/mol. The molecule has 0 bridgehead atoms. The number of rotatable bonds is 30. The van der Waals surface area contributed by atoms with Crippen molar-refractivity contribution in [2.45, 2.75) is 200 Å². The maximum absolute atomic E-state index is 2.48. The van der Waals surface area contributed by atoms with Crippen molar-refractivity contribution in [3.8, 4) is 0 Å². The van der Waals surface area contributed by atoms with Gasteiger partial charge in [0.15, 0.2) is 18.9 Å². The Balaban J connectivity index is 1.63. The van der Waals surface area contributed by atoms with Gasteiger partial charge in [-0.3, -0.25) is 0 Å². The van der Waals surface area contributed by atoms with E-state index in [2.05, 4.69) is 67.2 Å². The summed E-state index contributed by atoms with van der Waals surface area (Å²) < 4.78 is 2.42. The van der Waals surface area contributed by atoms with E-state index in [1.54, 1.807) is 11.1 Å². The lowest BCUT2D eigenvalue weighted by Crippen LogP contribution is -2.34. The molecule has 0 aliphatic carbocycles. The number of hydrogen-bond acceptors (Lipinski definition) is 0. The first-order valence-electron chi connectivity index (χ1n) is 19.4. The Labute approximate surface area is 269 Å². The van der Waals surface area contributed by atoms with Crippen molar-refractivity contribution in [3.05, 3.63) is 65.5 Å². The minimum atomic E-state index is 0.978. The highest BCUT2D eigenvalue weighted by molar-refractivity contribution is 5.22. The molecule has 1 aromatic carbocycles. The van der Waals surface area contributed by atoms with Gasteiger partial charge in [0.1, 0.15) is 0 Å². The topological polar surface area (TPSA) is 3.88 Å². The van der Waals surface area contributed by atoms with E-state index in [9.17, 15) is 0 Å². The molecule has 244 valence electrons. The molecule has 0 aliphatic heterocycles. The fourth-order valence-electron chi connectivity index (χ4n) is 6.65. The van der Waals surface area contributed by atoms with Crippen LogP contribution in [0.5, 0.6) is 0 Å². The number of nitrogens with zero attached hydrogens (tertiary/aromatic N) is 1. The van der Waals surface area contributed by atoms with E-state index in [0.29, 0.717) is 0 Å². The van der Waals surface area contributed by atoms with Crippen LogP contribution < -0.4 is 4.57 Å². The normalized spacial score (nSPS) is 11.4. The van der Waals surface area contributed by atoms with Gasteiger partial charge in [-0.2, -0.15) is 0 Å². The highest BCUT2D eigenvalue weighted by Crippen LogP contribution is 2.18. The second kappa shape index (κ2) is 27.9. The molecule has 1 heteroatoms. The van der Waals surface area contributed by atoms with Crippen LogP contribution in [-0.2, 0) is 19.4 Å². The Hall–Kier alpha value is -1.63. The molecule has 2 aromatic rings. The minimum Gasteiger partial charge on any atom is -0.200 e. The zero-order chi connectivity index (χ0) is 30.5. The summed E-state index contributed by atoms with van der Waals surface area (Å²) in [4.78, 5) is 0. The molecule has 0 amide bonds. The number of hydrogen-bond donors (Lipinski definition) is 0. The van der Waals surface area contributed by atoms with Gasteiger partial charge >= 0.3 is 0 Å². The van der Waals surface area contributed by atoms with E-state index in [1.165, 1.54) is 185 Å². The van der Waals surface area contributed by atoms with Gasteiger partial charge < -0.3 is 0 Å². The molecule has 0 atom stereocenters. The second-order valence-electron chi connectivity index (χ2n) is 13.6. The lowest BCUT2D eigenvalue weighted by molar-refractivity contribution is -0.688. The van der Waals surface area contributed by atoms with Crippen molar-refractivity contribution in [3.63, 3.8) is 0 Å². The van der Waals surface area contributed by atoms with Crippen molar-refractivity contribution in [1.82, 2.24) is 0 Å². The highest BCUT2D eigenvalue weighted by atomic mass is 14.9. The smallest absolute Gasteiger partial charge is 0.173 e. The van der Waals surface area contributed by atoms with Crippen LogP contribution in [0.4, 0.5) is 0 Å². The number of aryl methyl sites for hydroxylation is 2. The number of benzene rings is 1. The average Bonchev–Trinajstić information content (AvgIpc) is 3.03. The van der Waals surface area contributed by atoms with Crippen LogP contribution in [0.3, 0.4) is 0 Å². The molecule has 0 fully saturated rings. The van der Waals surface area contributed by atoms with Crippen LogP contribution in [0.1, 0.15) is 197 Å². The van der Waals surface area contributed by atoms with Crippen molar-refractivity contribution < 1.29 is 4.57 Å². The van der Waals surface area contributed by atoms with Gasteiger partial charge in [0.25, 0.3) is 0 Å². The van der Waals surface area contributed by atoms with Gasteiger partial charge in [-0.25, -0.2) is 4.57 Å². The third kappa shape index (κ3) is 20.9. The van der Waals surface area contributed by atoms with E-state index in [-0.39, 0.29) is 0 Å². The average molecular weight is 591 g/mol. The molecule has 43 heavy (non-hydrogen) atoms. The van der Waals surface area contributed by atoms with Crippen molar-refractivity contribution in [2.75, 3.05) is 0 Å². The molecule has 0 saturated heterocycles. The Kier molecular flexibility index (Phi) is 24.4. The van der Waals surface area contributed by atoms with Gasteiger partial charge in [0.05, 0.1) is 0 Å². The van der Waals surface area contributed by atoms with E-state index >= 15 is 0 Å². The third-order valence-corrected chi connectivity index (χ3v) is 9.51. The predicted molar refractivity (Wildman–Crippen MR) is 191 cm³/mol. The first-order chi connectivity index (χ1) is 21.3. The first-order valence-corrected chi connectivity index (χ1v) is 19.4. The molecule has 1 aromatic heterocycles. The summed E-state index contributed by atoms with van der Waals surface area (Å²) in [6, 6.07) is 13.4. The van der Waals surface area contributed by atoms with E-state index in [0.717, 1.165) is 6.54 Å². The summed E-state index contributed by atoms with van der Waals surface area (Å²) >= 11 is 0. The molecule has 1 nitrogen and oxygen atoms in total. The van der Waals surface area contributed by atoms with Crippen LogP contribution in [0, 0.1) is 0 Å². The zero-order valence-electron chi connectivity index (χ0n) is 29.1. The molecule has 0 aliphatic rings. The van der Waals surface area contributed by atoms with Crippen LogP contribution in [0.15, 0.2) is 48.8 Å². The minimum absolute atomic E-state index is 0.978. The predicted octanol–water partition coefficient (Wildman–Crippen LogP) is 13.3. The molecule has 0 unspecified atom stereocenters. The Morgan fingerprint density at radius 1 is 0.395 bits per heavy atom. The fraction of sp³-hybridized carbons (Fsp3) is 0.738.